The summed E-state index contributed by atoms with van der Waals surface area (Å²) in [5, 5.41) is 2.47. The maximum Gasteiger partial charge on any atom is 0.407 e. The fraction of sp³-hybridized carbons (Fsp3) is 0.533. The van der Waals surface area contributed by atoms with Crippen LogP contribution in [0.25, 0.3) is 0 Å². The first-order valence-corrected chi connectivity index (χ1v) is 8.37. The summed E-state index contributed by atoms with van der Waals surface area (Å²) in [5.41, 5.74) is 0.348. The molecular formula is C15H23NO5S. The molecule has 1 unspecified atom stereocenters. The molecule has 7 heteroatoms. The standard InChI is InChI=1S/C15H23NO5S/c1-11-6-8-13(9-7-11)22(18,19)21-12(2)10-16-14(17)20-15(3,4)5/h6-9,12H,10H2,1-5H3,(H,16,17). The van der Waals surface area contributed by atoms with E-state index in [1.165, 1.54) is 12.1 Å². The van der Waals surface area contributed by atoms with Crippen molar-refractivity contribution < 1.29 is 22.1 Å². The summed E-state index contributed by atoms with van der Waals surface area (Å²) in [5.74, 6) is 0. The Morgan fingerprint density at radius 1 is 1.23 bits per heavy atom. The predicted octanol–water partition coefficient (Wildman–Crippen LogP) is 2.61. The maximum atomic E-state index is 12.1. The van der Waals surface area contributed by atoms with Crippen LogP contribution in [0.3, 0.4) is 0 Å². The van der Waals surface area contributed by atoms with Gasteiger partial charge in [-0.1, -0.05) is 17.7 Å². The molecule has 1 N–H and O–H groups in total. The van der Waals surface area contributed by atoms with Gasteiger partial charge in [0.15, 0.2) is 0 Å². The lowest BCUT2D eigenvalue weighted by Crippen LogP contribution is -2.37. The van der Waals surface area contributed by atoms with Crippen LogP contribution in [0.15, 0.2) is 29.2 Å². The summed E-state index contributed by atoms with van der Waals surface area (Å²) < 4.78 is 34.2. The number of carbonyl (C=O) groups excluding carboxylic acids is 1. The van der Waals surface area contributed by atoms with Crippen molar-refractivity contribution in [2.24, 2.45) is 0 Å². The minimum Gasteiger partial charge on any atom is -0.444 e. The first-order chi connectivity index (χ1) is 9.99. The average molecular weight is 329 g/mol. The van der Waals surface area contributed by atoms with Crippen molar-refractivity contribution >= 4 is 16.2 Å². The van der Waals surface area contributed by atoms with Crippen LogP contribution in [-0.2, 0) is 19.0 Å². The molecule has 0 heterocycles. The zero-order valence-corrected chi connectivity index (χ0v) is 14.4. The highest BCUT2D eigenvalue weighted by Crippen LogP contribution is 2.15. The van der Waals surface area contributed by atoms with Crippen LogP contribution in [0.2, 0.25) is 0 Å². The third-order valence-corrected chi connectivity index (χ3v) is 3.96. The number of carbonyl (C=O) groups is 1. The van der Waals surface area contributed by atoms with Crippen LogP contribution in [0.1, 0.15) is 33.3 Å². The zero-order chi connectivity index (χ0) is 17.0. The van der Waals surface area contributed by atoms with Gasteiger partial charge in [-0.15, -0.1) is 0 Å². The van der Waals surface area contributed by atoms with E-state index >= 15 is 0 Å². The van der Waals surface area contributed by atoms with Crippen molar-refractivity contribution in [3.8, 4) is 0 Å². The molecule has 0 aliphatic carbocycles. The summed E-state index contributed by atoms with van der Waals surface area (Å²) in [6.45, 7) is 8.69. The van der Waals surface area contributed by atoms with E-state index in [1.807, 2.05) is 6.92 Å². The van der Waals surface area contributed by atoms with Gasteiger partial charge in [0, 0.05) is 6.54 Å². The lowest BCUT2D eigenvalue weighted by atomic mass is 10.2. The van der Waals surface area contributed by atoms with Crippen molar-refractivity contribution in [3.05, 3.63) is 29.8 Å². The van der Waals surface area contributed by atoms with Gasteiger partial charge in [0.05, 0.1) is 11.0 Å². The third kappa shape index (κ3) is 6.44. The predicted molar refractivity (Wildman–Crippen MR) is 83.1 cm³/mol. The van der Waals surface area contributed by atoms with E-state index in [9.17, 15) is 13.2 Å². The van der Waals surface area contributed by atoms with Crippen molar-refractivity contribution in [2.75, 3.05) is 6.54 Å². The molecule has 0 spiro atoms. The van der Waals surface area contributed by atoms with E-state index in [1.54, 1.807) is 39.8 Å². The fourth-order valence-electron chi connectivity index (χ4n) is 1.55. The first kappa shape index (κ1) is 18.4. The smallest absolute Gasteiger partial charge is 0.407 e. The number of hydrogen-bond donors (Lipinski definition) is 1. The van der Waals surface area contributed by atoms with E-state index in [0.29, 0.717) is 0 Å². The molecule has 0 saturated heterocycles. The molecule has 0 bridgehead atoms. The van der Waals surface area contributed by atoms with Crippen molar-refractivity contribution in [1.82, 2.24) is 5.32 Å². The molecule has 1 atom stereocenters. The summed E-state index contributed by atoms with van der Waals surface area (Å²) in [6, 6.07) is 6.36. The second-order valence-corrected chi connectivity index (χ2v) is 7.63. The van der Waals surface area contributed by atoms with Crippen LogP contribution >= 0.6 is 0 Å². The minimum absolute atomic E-state index is 0.0278. The molecular weight excluding hydrogens is 306 g/mol. The molecule has 0 aliphatic rings. The highest BCUT2D eigenvalue weighted by atomic mass is 32.2. The van der Waals surface area contributed by atoms with Gasteiger partial charge in [-0.25, -0.2) is 4.79 Å². The highest BCUT2D eigenvalue weighted by molar-refractivity contribution is 7.86. The summed E-state index contributed by atoms with van der Waals surface area (Å²) in [7, 11) is -3.85. The number of aryl methyl sites for hydroxylation is 1. The van der Waals surface area contributed by atoms with Gasteiger partial charge in [-0.3, -0.25) is 4.18 Å². The Kier molecular flexibility index (Phi) is 5.96. The number of benzene rings is 1. The van der Waals surface area contributed by atoms with E-state index in [-0.39, 0.29) is 11.4 Å². The van der Waals surface area contributed by atoms with Gasteiger partial charge in [0.2, 0.25) is 0 Å². The molecule has 22 heavy (non-hydrogen) atoms. The van der Waals surface area contributed by atoms with E-state index in [0.717, 1.165) is 5.56 Å². The zero-order valence-electron chi connectivity index (χ0n) is 13.5. The molecule has 1 rings (SSSR count). The van der Waals surface area contributed by atoms with Gasteiger partial charge >= 0.3 is 6.09 Å². The van der Waals surface area contributed by atoms with Crippen molar-refractivity contribution in [2.45, 2.75) is 51.2 Å². The van der Waals surface area contributed by atoms with Crippen molar-refractivity contribution in [1.29, 1.82) is 0 Å². The molecule has 0 aliphatic heterocycles. The Morgan fingerprint density at radius 2 is 1.77 bits per heavy atom. The number of amides is 1. The topological polar surface area (TPSA) is 81.7 Å². The number of hydrogen-bond acceptors (Lipinski definition) is 5. The van der Waals surface area contributed by atoms with Crippen LogP contribution in [0.4, 0.5) is 4.79 Å². The monoisotopic (exact) mass is 329 g/mol. The maximum absolute atomic E-state index is 12.1. The van der Waals surface area contributed by atoms with E-state index < -0.39 is 27.9 Å². The minimum atomic E-state index is -3.85. The molecule has 1 aromatic rings. The lowest BCUT2D eigenvalue weighted by Gasteiger charge is -2.20. The Morgan fingerprint density at radius 3 is 2.27 bits per heavy atom. The highest BCUT2D eigenvalue weighted by Gasteiger charge is 2.21. The summed E-state index contributed by atoms with van der Waals surface area (Å²) in [6.07, 6.45) is -1.32. The average Bonchev–Trinajstić information content (AvgIpc) is 2.34. The van der Waals surface area contributed by atoms with Crippen LogP contribution in [-0.4, -0.2) is 32.8 Å². The molecule has 124 valence electrons. The number of ether oxygens (including phenoxy) is 1. The Bertz CT molecular complexity index is 602. The molecule has 0 fully saturated rings. The van der Waals surface area contributed by atoms with Gasteiger partial charge in [-0.05, 0) is 46.8 Å². The normalized spacial score (nSPS) is 13.5. The molecule has 0 radical (unpaired) electrons. The molecule has 0 saturated carbocycles. The number of nitrogens with one attached hydrogen (secondary N) is 1. The van der Waals surface area contributed by atoms with E-state index in [4.69, 9.17) is 8.92 Å². The van der Waals surface area contributed by atoms with Gasteiger partial charge in [-0.2, -0.15) is 8.42 Å². The summed E-state index contributed by atoms with van der Waals surface area (Å²) >= 11 is 0. The quantitative estimate of drug-likeness (QED) is 0.840. The number of rotatable bonds is 5. The Hall–Kier alpha value is -1.60. The largest absolute Gasteiger partial charge is 0.444 e. The van der Waals surface area contributed by atoms with Gasteiger partial charge in [0.25, 0.3) is 10.1 Å². The first-order valence-electron chi connectivity index (χ1n) is 6.96. The second kappa shape index (κ2) is 7.11. The van der Waals surface area contributed by atoms with E-state index in [2.05, 4.69) is 5.32 Å². The van der Waals surface area contributed by atoms with Crippen molar-refractivity contribution in [3.63, 3.8) is 0 Å². The van der Waals surface area contributed by atoms with Crippen LogP contribution in [0.5, 0.6) is 0 Å². The lowest BCUT2D eigenvalue weighted by molar-refractivity contribution is 0.0505. The van der Waals surface area contributed by atoms with Crippen LogP contribution < -0.4 is 5.32 Å². The van der Waals surface area contributed by atoms with Gasteiger partial charge in [0.1, 0.15) is 5.60 Å². The molecule has 6 nitrogen and oxygen atoms in total. The second-order valence-electron chi connectivity index (χ2n) is 6.06. The molecule has 1 amide bonds. The number of alkyl carbamates (subject to hydrolysis) is 1. The Balaban J connectivity index is 2.55. The fourth-order valence-corrected chi connectivity index (χ4v) is 2.63. The van der Waals surface area contributed by atoms with Crippen LogP contribution in [0, 0.1) is 6.92 Å². The summed E-state index contributed by atoms with van der Waals surface area (Å²) in [4.78, 5) is 11.6. The SMILES string of the molecule is Cc1ccc(S(=O)(=O)OC(C)CNC(=O)OC(C)(C)C)cc1. The third-order valence-electron chi connectivity index (χ3n) is 2.53. The Labute approximate surface area is 131 Å². The molecule has 0 aromatic heterocycles. The molecule has 1 aromatic carbocycles. The van der Waals surface area contributed by atoms with Gasteiger partial charge < -0.3 is 10.1 Å².